The zero-order chi connectivity index (χ0) is 14.7. The fraction of sp³-hybridized carbons (Fsp3) is 0.176. The van der Waals surface area contributed by atoms with Gasteiger partial charge < -0.3 is 9.88 Å². The summed E-state index contributed by atoms with van der Waals surface area (Å²) < 4.78 is 2.20. The van der Waals surface area contributed by atoms with Gasteiger partial charge in [0.2, 0.25) is 0 Å². The predicted octanol–water partition coefficient (Wildman–Crippen LogP) is 2.68. The summed E-state index contributed by atoms with van der Waals surface area (Å²) in [6.07, 6.45) is 3.77. The average Bonchev–Trinajstić information content (AvgIpc) is 2.90. The van der Waals surface area contributed by atoms with Crippen molar-refractivity contribution in [2.75, 3.05) is 7.05 Å². The molecule has 2 heterocycles. The van der Waals surface area contributed by atoms with Crippen LogP contribution in [0.4, 0.5) is 0 Å². The number of benzene rings is 1. The van der Waals surface area contributed by atoms with Gasteiger partial charge in [-0.3, -0.25) is 0 Å². The van der Waals surface area contributed by atoms with Gasteiger partial charge in [-0.05, 0) is 47.8 Å². The van der Waals surface area contributed by atoms with Crippen LogP contribution >= 0.6 is 0 Å². The van der Waals surface area contributed by atoms with Crippen molar-refractivity contribution >= 4 is 10.9 Å². The van der Waals surface area contributed by atoms with E-state index >= 15 is 0 Å². The monoisotopic (exact) mass is 276 g/mol. The first kappa shape index (κ1) is 13.3. The van der Waals surface area contributed by atoms with E-state index in [4.69, 9.17) is 5.26 Å². The summed E-state index contributed by atoms with van der Waals surface area (Å²) >= 11 is 0. The molecule has 21 heavy (non-hydrogen) atoms. The van der Waals surface area contributed by atoms with Crippen molar-refractivity contribution in [1.29, 1.82) is 5.26 Å². The lowest BCUT2D eigenvalue weighted by Crippen LogP contribution is -2.05. The molecule has 0 aliphatic carbocycles. The molecule has 4 nitrogen and oxygen atoms in total. The summed E-state index contributed by atoms with van der Waals surface area (Å²) in [6, 6.07) is 14.5. The van der Waals surface area contributed by atoms with Crippen LogP contribution in [-0.2, 0) is 13.1 Å². The first-order valence-electron chi connectivity index (χ1n) is 6.87. The zero-order valence-corrected chi connectivity index (χ0v) is 11.9. The number of hydrogen-bond donors (Lipinski definition) is 1. The van der Waals surface area contributed by atoms with Crippen molar-refractivity contribution in [1.82, 2.24) is 14.9 Å². The third kappa shape index (κ3) is 2.78. The minimum absolute atomic E-state index is 0.458. The fourth-order valence-corrected chi connectivity index (χ4v) is 2.51. The predicted molar refractivity (Wildman–Crippen MR) is 82.8 cm³/mol. The minimum atomic E-state index is 0.458. The van der Waals surface area contributed by atoms with Crippen LogP contribution in [0.5, 0.6) is 0 Å². The lowest BCUT2D eigenvalue weighted by atomic mass is 10.1. The molecule has 104 valence electrons. The van der Waals surface area contributed by atoms with E-state index in [1.807, 2.05) is 19.2 Å². The van der Waals surface area contributed by atoms with Gasteiger partial charge in [0.25, 0.3) is 0 Å². The first-order valence-corrected chi connectivity index (χ1v) is 6.87. The van der Waals surface area contributed by atoms with E-state index in [0.29, 0.717) is 5.69 Å². The van der Waals surface area contributed by atoms with Crippen molar-refractivity contribution in [2.24, 2.45) is 0 Å². The molecule has 0 atom stereocenters. The Morgan fingerprint density at radius 1 is 1.19 bits per heavy atom. The molecule has 0 saturated heterocycles. The number of rotatable bonds is 4. The number of nitrogens with one attached hydrogen (secondary N) is 1. The standard InChI is InChI=1S/C17H16N4/c1-19-11-13-2-3-15-5-7-21(17(15)9-13)12-14-4-6-20-16(8-14)10-18/h2-9,19H,11-12H2,1H3. The molecular weight excluding hydrogens is 260 g/mol. The van der Waals surface area contributed by atoms with Gasteiger partial charge in [-0.1, -0.05) is 12.1 Å². The Balaban J connectivity index is 1.96. The van der Waals surface area contributed by atoms with E-state index in [0.717, 1.165) is 18.7 Å². The van der Waals surface area contributed by atoms with Crippen molar-refractivity contribution in [2.45, 2.75) is 13.1 Å². The van der Waals surface area contributed by atoms with Gasteiger partial charge in [0.15, 0.2) is 0 Å². The highest BCUT2D eigenvalue weighted by Gasteiger charge is 2.04. The summed E-state index contributed by atoms with van der Waals surface area (Å²) in [7, 11) is 1.95. The quantitative estimate of drug-likeness (QED) is 0.797. The van der Waals surface area contributed by atoms with Crippen molar-refractivity contribution < 1.29 is 0 Å². The topological polar surface area (TPSA) is 53.6 Å². The molecule has 0 aliphatic heterocycles. The summed E-state index contributed by atoms with van der Waals surface area (Å²) in [4.78, 5) is 4.01. The van der Waals surface area contributed by atoms with Gasteiger partial charge in [-0.2, -0.15) is 5.26 Å². The normalized spacial score (nSPS) is 10.7. The lowest BCUT2D eigenvalue weighted by molar-refractivity contribution is 0.812. The van der Waals surface area contributed by atoms with Gasteiger partial charge in [-0.25, -0.2) is 4.98 Å². The van der Waals surface area contributed by atoms with E-state index < -0.39 is 0 Å². The third-order valence-corrected chi connectivity index (χ3v) is 3.51. The fourth-order valence-electron chi connectivity index (χ4n) is 2.51. The Labute approximate surface area is 123 Å². The molecule has 3 rings (SSSR count). The highest BCUT2D eigenvalue weighted by Crippen LogP contribution is 2.19. The Morgan fingerprint density at radius 3 is 2.90 bits per heavy atom. The molecular formula is C17H16N4. The molecule has 0 bridgehead atoms. The summed E-state index contributed by atoms with van der Waals surface area (Å²) in [5, 5.41) is 13.3. The highest BCUT2D eigenvalue weighted by atomic mass is 15.0. The zero-order valence-electron chi connectivity index (χ0n) is 11.9. The van der Waals surface area contributed by atoms with E-state index in [9.17, 15) is 0 Å². The van der Waals surface area contributed by atoms with Crippen LogP contribution in [0.2, 0.25) is 0 Å². The molecule has 0 unspecified atom stereocenters. The molecule has 4 heteroatoms. The SMILES string of the molecule is CNCc1ccc2ccn(Cc3ccnc(C#N)c3)c2c1. The number of hydrogen-bond acceptors (Lipinski definition) is 3. The lowest BCUT2D eigenvalue weighted by Gasteiger charge is -2.07. The van der Waals surface area contributed by atoms with Gasteiger partial charge in [0.1, 0.15) is 11.8 Å². The molecule has 1 N–H and O–H groups in total. The number of fused-ring (bicyclic) bond motifs is 1. The van der Waals surface area contributed by atoms with Crippen LogP contribution in [-0.4, -0.2) is 16.6 Å². The summed E-state index contributed by atoms with van der Waals surface area (Å²) in [5.41, 5.74) is 4.01. The number of nitrogens with zero attached hydrogens (tertiary/aromatic N) is 3. The summed E-state index contributed by atoms with van der Waals surface area (Å²) in [6.45, 7) is 1.60. The molecule has 1 aromatic carbocycles. The van der Waals surface area contributed by atoms with Crippen LogP contribution in [0.3, 0.4) is 0 Å². The van der Waals surface area contributed by atoms with E-state index in [1.54, 1.807) is 6.20 Å². The smallest absolute Gasteiger partial charge is 0.140 e. The van der Waals surface area contributed by atoms with Crippen molar-refractivity contribution in [3.8, 4) is 6.07 Å². The minimum Gasteiger partial charge on any atom is -0.343 e. The average molecular weight is 276 g/mol. The maximum absolute atomic E-state index is 8.93. The second-order valence-corrected chi connectivity index (χ2v) is 5.03. The third-order valence-electron chi connectivity index (χ3n) is 3.51. The molecule has 0 amide bonds. The molecule has 0 fully saturated rings. The Hall–Kier alpha value is -2.64. The van der Waals surface area contributed by atoms with Gasteiger partial charge in [0, 0.05) is 31.0 Å². The molecule has 0 radical (unpaired) electrons. The largest absolute Gasteiger partial charge is 0.343 e. The molecule has 2 aromatic heterocycles. The van der Waals surface area contributed by atoms with Crippen LogP contribution in [0.15, 0.2) is 48.8 Å². The Kier molecular flexibility index (Phi) is 3.67. The van der Waals surface area contributed by atoms with E-state index in [-0.39, 0.29) is 0 Å². The van der Waals surface area contributed by atoms with Gasteiger partial charge in [0.05, 0.1) is 0 Å². The summed E-state index contributed by atoms with van der Waals surface area (Å²) in [5.74, 6) is 0. The second-order valence-electron chi connectivity index (χ2n) is 5.03. The van der Waals surface area contributed by atoms with Gasteiger partial charge >= 0.3 is 0 Å². The molecule has 3 aromatic rings. The van der Waals surface area contributed by atoms with Gasteiger partial charge in [-0.15, -0.1) is 0 Å². The van der Waals surface area contributed by atoms with Crippen LogP contribution in [0.1, 0.15) is 16.8 Å². The van der Waals surface area contributed by atoms with E-state index in [2.05, 4.69) is 51.4 Å². The molecule has 0 saturated carbocycles. The molecule has 0 aliphatic rings. The maximum atomic E-state index is 8.93. The van der Waals surface area contributed by atoms with Crippen molar-refractivity contribution in [3.05, 3.63) is 65.6 Å². The van der Waals surface area contributed by atoms with Crippen LogP contribution in [0, 0.1) is 11.3 Å². The number of aromatic nitrogens is 2. The van der Waals surface area contributed by atoms with Crippen LogP contribution in [0.25, 0.3) is 10.9 Å². The Bertz CT molecular complexity index is 811. The van der Waals surface area contributed by atoms with Crippen molar-refractivity contribution in [3.63, 3.8) is 0 Å². The highest BCUT2D eigenvalue weighted by molar-refractivity contribution is 5.81. The number of nitriles is 1. The van der Waals surface area contributed by atoms with E-state index in [1.165, 1.54) is 16.5 Å². The maximum Gasteiger partial charge on any atom is 0.140 e. The van der Waals surface area contributed by atoms with Crippen LogP contribution < -0.4 is 5.32 Å². The first-order chi connectivity index (χ1) is 10.3. The molecule has 0 spiro atoms. The Morgan fingerprint density at radius 2 is 2.10 bits per heavy atom. The number of pyridine rings is 1. The second kappa shape index (κ2) is 5.78.